The number of benzene rings is 1. The monoisotopic (exact) mass is 232 g/mol. The number of aryl methyl sites for hydroxylation is 1. The van der Waals surface area contributed by atoms with Crippen molar-refractivity contribution in [3.05, 3.63) is 40.2 Å². The maximum Gasteiger partial charge on any atom is 0.133 e. The first kappa shape index (κ1) is 12.3. The average molecular weight is 232 g/mol. The average Bonchev–Trinajstić information content (AvgIpc) is 2.42. The molecule has 0 N–H and O–H groups in total. The van der Waals surface area contributed by atoms with Gasteiger partial charge in [0, 0.05) is 5.56 Å². The minimum absolute atomic E-state index is 0.0366. The van der Waals surface area contributed by atoms with E-state index in [0.29, 0.717) is 11.8 Å². The van der Waals surface area contributed by atoms with Gasteiger partial charge in [-0.2, -0.15) is 0 Å². The Morgan fingerprint density at radius 1 is 1.29 bits per heavy atom. The first-order chi connectivity index (χ1) is 8.04. The van der Waals surface area contributed by atoms with Gasteiger partial charge in [0.05, 0.1) is 0 Å². The molecule has 0 radical (unpaired) electrons. The molecule has 17 heavy (non-hydrogen) atoms. The standard InChI is InChI=1S/C16H21F/c1-5-13-8-10(2)9-15-14(12(13)4)7-6-11(3)16(15)17/h6-7,9,12-13H,5,8H2,1-4H3. The van der Waals surface area contributed by atoms with Gasteiger partial charge in [-0.3, -0.25) is 0 Å². The Labute approximate surface area is 104 Å². The lowest BCUT2D eigenvalue weighted by Crippen LogP contribution is -2.09. The Morgan fingerprint density at radius 2 is 2.00 bits per heavy atom. The number of halogens is 1. The molecule has 0 bridgehead atoms. The molecule has 0 saturated heterocycles. The van der Waals surface area contributed by atoms with Crippen LogP contribution in [0.15, 0.2) is 17.7 Å². The molecular weight excluding hydrogens is 211 g/mol. The fraction of sp³-hybridized carbons (Fsp3) is 0.500. The number of allylic oxidation sites excluding steroid dienone is 1. The second-order valence-electron chi connectivity index (χ2n) is 5.35. The molecule has 0 spiro atoms. The van der Waals surface area contributed by atoms with E-state index in [4.69, 9.17) is 0 Å². The topological polar surface area (TPSA) is 0 Å². The summed E-state index contributed by atoms with van der Waals surface area (Å²) in [6.07, 6.45) is 4.29. The predicted molar refractivity (Wildman–Crippen MR) is 71.6 cm³/mol. The molecule has 1 aromatic carbocycles. The van der Waals surface area contributed by atoms with Crippen LogP contribution in [0.3, 0.4) is 0 Å². The fourth-order valence-electron chi connectivity index (χ4n) is 2.91. The van der Waals surface area contributed by atoms with Gasteiger partial charge in [-0.15, -0.1) is 0 Å². The van der Waals surface area contributed by atoms with E-state index in [1.165, 1.54) is 11.1 Å². The van der Waals surface area contributed by atoms with Crippen molar-refractivity contribution in [1.82, 2.24) is 0 Å². The van der Waals surface area contributed by atoms with Crippen LogP contribution in [0.5, 0.6) is 0 Å². The zero-order chi connectivity index (χ0) is 12.6. The summed E-state index contributed by atoms with van der Waals surface area (Å²) in [6.45, 7) is 8.41. The van der Waals surface area contributed by atoms with Gasteiger partial charge in [0.1, 0.15) is 5.82 Å². The fourth-order valence-corrected chi connectivity index (χ4v) is 2.91. The summed E-state index contributed by atoms with van der Waals surface area (Å²) in [4.78, 5) is 0. The lowest BCUT2D eigenvalue weighted by atomic mass is 9.82. The molecule has 2 rings (SSSR count). The van der Waals surface area contributed by atoms with Gasteiger partial charge >= 0.3 is 0 Å². The number of hydrogen-bond donors (Lipinski definition) is 0. The van der Waals surface area contributed by atoms with E-state index in [1.54, 1.807) is 0 Å². The van der Waals surface area contributed by atoms with E-state index in [0.717, 1.165) is 24.0 Å². The van der Waals surface area contributed by atoms with E-state index in [-0.39, 0.29) is 5.82 Å². The third-order valence-electron chi connectivity index (χ3n) is 4.10. The second kappa shape index (κ2) is 4.64. The highest BCUT2D eigenvalue weighted by Crippen LogP contribution is 2.38. The van der Waals surface area contributed by atoms with E-state index in [1.807, 2.05) is 19.1 Å². The highest BCUT2D eigenvalue weighted by molar-refractivity contribution is 5.60. The van der Waals surface area contributed by atoms with Crippen LogP contribution in [0.2, 0.25) is 0 Å². The lowest BCUT2D eigenvalue weighted by molar-refractivity contribution is 0.430. The number of hydrogen-bond acceptors (Lipinski definition) is 0. The lowest BCUT2D eigenvalue weighted by Gasteiger charge is -2.22. The molecule has 0 heterocycles. The van der Waals surface area contributed by atoms with Gasteiger partial charge in [0.15, 0.2) is 0 Å². The summed E-state index contributed by atoms with van der Waals surface area (Å²) >= 11 is 0. The smallest absolute Gasteiger partial charge is 0.133 e. The molecule has 1 aromatic rings. The summed E-state index contributed by atoms with van der Waals surface area (Å²) in [5, 5.41) is 0. The van der Waals surface area contributed by atoms with Crippen LogP contribution >= 0.6 is 0 Å². The molecule has 2 atom stereocenters. The minimum Gasteiger partial charge on any atom is -0.206 e. The Balaban J connectivity index is 2.60. The van der Waals surface area contributed by atoms with Gasteiger partial charge in [-0.1, -0.05) is 44.1 Å². The number of rotatable bonds is 1. The largest absolute Gasteiger partial charge is 0.206 e. The molecule has 1 aliphatic rings. The van der Waals surface area contributed by atoms with Crippen LogP contribution < -0.4 is 0 Å². The van der Waals surface area contributed by atoms with E-state index in [9.17, 15) is 4.39 Å². The maximum absolute atomic E-state index is 14.2. The molecular formula is C16H21F. The Morgan fingerprint density at radius 3 is 2.65 bits per heavy atom. The second-order valence-corrected chi connectivity index (χ2v) is 5.35. The normalized spacial score (nSPS) is 23.9. The van der Waals surface area contributed by atoms with Crippen LogP contribution in [-0.4, -0.2) is 0 Å². The first-order valence-electron chi connectivity index (χ1n) is 6.50. The molecule has 0 fully saturated rings. The quantitative estimate of drug-likeness (QED) is 0.634. The third-order valence-corrected chi connectivity index (χ3v) is 4.10. The highest BCUT2D eigenvalue weighted by atomic mass is 19.1. The molecule has 92 valence electrons. The molecule has 0 nitrogen and oxygen atoms in total. The summed E-state index contributed by atoms with van der Waals surface area (Å²) in [5.41, 5.74) is 4.05. The van der Waals surface area contributed by atoms with Crippen LogP contribution in [0.4, 0.5) is 4.39 Å². The maximum atomic E-state index is 14.2. The van der Waals surface area contributed by atoms with Crippen molar-refractivity contribution in [1.29, 1.82) is 0 Å². The molecule has 1 heteroatoms. The van der Waals surface area contributed by atoms with Crippen molar-refractivity contribution < 1.29 is 4.39 Å². The van der Waals surface area contributed by atoms with E-state index in [2.05, 4.69) is 26.8 Å². The molecule has 0 saturated carbocycles. The zero-order valence-electron chi connectivity index (χ0n) is 11.2. The summed E-state index contributed by atoms with van der Waals surface area (Å²) in [7, 11) is 0. The number of fused-ring (bicyclic) bond motifs is 1. The van der Waals surface area contributed by atoms with Crippen LogP contribution in [0.25, 0.3) is 6.08 Å². The third kappa shape index (κ3) is 2.15. The molecule has 0 amide bonds. The SMILES string of the molecule is CCC1CC(C)=Cc2c(ccc(C)c2F)C1C. The van der Waals surface area contributed by atoms with E-state index < -0.39 is 0 Å². The van der Waals surface area contributed by atoms with Crippen LogP contribution in [-0.2, 0) is 0 Å². The van der Waals surface area contributed by atoms with Crippen LogP contribution in [0.1, 0.15) is 56.2 Å². The van der Waals surface area contributed by atoms with Gasteiger partial charge in [0.2, 0.25) is 0 Å². The van der Waals surface area contributed by atoms with Crippen molar-refractivity contribution in [2.24, 2.45) is 5.92 Å². The molecule has 0 aliphatic heterocycles. The van der Waals surface area contributed by atoms with Gasteiger partial charge in [-0.05, 0) is 43.2 Å². The summed E-state index contributed by atoms with van der Waals surface area (Å²) in [5.74, 6) is 1.04. The molecule has 2 unspecified atom stereocenters. The minimum atomic E-state index is -0.0366. The van der Waals surface area contributed by atoms with Gasteiger partial charge < -0.3 is 0 Å². The van der Waals surface area contributed by atoms with Crippen molar-refractivity contribution in [3.8, 4) is 0 Å². The van der Waals surface area contributed by atoms with Gasteiger partial charge in [0.25, 0.3) is 0 Å². The van der Waals surface area contributed by atoms with Crippen molar-refractivity contribution in [2.75, 3.05) is 0 Å². The molecule has 0 aromatic heterocycles. The highest BCUT2D eigenvalue weighted by Gasteiger charge is 2.24. The summed E-state index contributed by atoms with van der Waals surface area (Å²) < 4.78 is 14.2. The van der Waals surface area contributed by atoms with Crippen molar-refractivity contribution in [3.63, 3.8) is 0 Å². The van der Waals surface area contributed by atoms with Gasteiger partial charge in [-0.25, -0.2) is 4.39 Å². The Kier molecular flexibility index (Phi) is 3.37. The Hall–Kier alpha value is -1.11. The van der Waals surface area contributed by atoms with Crippen molar-refractivity contribution >= 4 is 6.08 Å². The summed E-state index contributed by atoms with van der Waals surface area (Å²) in [6, 6.07) is 4.02. The van der Waals surface area contributed by atoms with E-state index >= 15 is 0 Å². The molecule has 1 aliphatic carbocycles. The van der Waals surface area contributed by atoms with Crippen molar-refractivity contribution in [2.45, 2.75) is 46.5 Å². The predicted octanol–water partition coefficient (Wildman–Crippen LogP) is 5.07. The zero-order valence-corrected chi connectivity index (χ0v) is 11.2. The van der Waals surface area contributed by atoms with Crippen LogP contribution in [0, 0.1) is 18.7 Å². The Bertz CT molecular complexity index is 457. The first-order valence-corrected chi connectivity index (χ1v) is 6.50.